The molecule has 0 aliphatic heterocycles. The third-order valence-electron chi connectivity index (χ3n) is 5.74. The number of carbonyl (C=O) groups is 1. The number of fused-ring (bicyclic) bond motifs is 2. The molecule has 3 atom stereocenters. The zero-order chi connectivity index (χ0) is 16.6. The summed E-state index contributed by atoms with van der Waals surface area (Å²) in [5, 5.41) is 3.08. The Morgan fingerprint density at radius 1 is 1.17 bits per heavy atom. The highest BCUT2D eigenvalue weighted by Crippen LogP contribution is 2.60. The highest BCUT2D eigenvalue weighted by molar-refractivity contribution is 5.84. The molecule has 4 rings (SSSR count). The number of carbonyl (C=O) groups excluding carboxylic acids is 1. The standard InChI is InChI=1S/C21H24N2O/c22-19(16-8-2-1-3-9-16)14-23-20(24)18-13-21(18)12-6-10-15-7-4-5-11-17(15)21/h1-5,7-9,11,18-19H,6,10,12-14,22H2,(H,23,24). The third-order valence-corrected chi connectivity index (χ3v) is 5.74. The van der Waals surface area contributed by atoms with Crippen LogP contribution in [0.5, 0.6) is 0 Å². The molecule has 0 heterocycles. The lowest BCUT2D eigenvalue weighted by atomic mass is 9.78. The van der Waals surface area contributed by atoms with Crippen LogP contribution < -0.4 is 11.1 Å². The van der Waals surface area contributed by atoms with Crippen LogP contribution in [0.1, 0.15) is 42.0 Å². The molecule has 0 bridgehead atoms. The number of aryl methyl sites for hydroxylation is 1. The van der Waals surface area contributed by atoms with Crippen molar-refractivity contribution in [2.75, 3.05) is 6.54 Å². The number of hydrogen-bond acceptors (Lipinski definition) is 2. The molecule has 24 heavy (non-hydrogen) atoms. The molecule has 0 saturated heterocycles. The summed E-state index contributed by atoms with van der Waals surface area (Å²) in [6.07, 6.45) is 4.44. The van der Waals surface area contributed by atoms with Gasteiger partial charge in [-0.25, -0.2) is 0 Å². The molecule has 1 fully saturated rings. The normalized spacial score (nSPS) is 25.8. The predicted octanol–water partition coefficient (Wildman–Crippen LogP) is 3.10. The lowest BCUT2D eigenvalue weighted by Crippen LogP contribution is -2.35. The third kappa shape index (κ3) is 2.63. The minimum absolute atomic E-state index is 0.0930. The highest BCUT2D eigenvalue weighted by Gasteiger charge is 2.59. The molecule has 0 aromatic heterocycles. The van der Waals surface area contributed by atoms with Gasteiger partial charge in [-0.2, -0.15) is 0 Å². The lowest BCUT2D eigenvalue weighted by Gasteiger charge is -2.26. The van der Waals surface area contributed by atoms with Crippen molar-refractivity contribution >= 4 is 5.91 Å². The maximum Gasteiger partial charge on any atom is 0.224 e. The van der Waals surface area contributed by atoms with Gasteiger partial charge >= 0.3 is 0 Å². The molecule has 2 aromatic carbocycles. The maximum atomic E-state index is 12.7. The van der Waals surface area contributed by atoms with Crippen LogP contribution in [0.3, 0.4) is 0 Å². The monoisotopic (exact) mass is 320 g/mol. The minimum atomic E-state index is -0.150. The number of rotatable bonds is 4. The van der Waals surface area contributed by atoms with E-state index in [-0.39, 0.29) is 23.3 Å². The quantitative estimate of drug-likeness (QED) is 0.909. The molecule has 2 aromatic rings. The number of nitrogens with one attached hydrogen (secondary N) is 1. The van der Waals surface area contributed by atoms with E-state index < -0.39 is 0 Å². The van der Waals surface area contributed by atoms with Gasteiger partial charge in [0.25, 0.3) is 0 Å². The molecule has 0 radical (unpaired) electrons. The summed E-state index contributed by atoms with van der Waals surface area (Å²) in [7, 11) is 0. The first-order chi connectivity index (χ1) is 11.7. The van der Waals surface area contributed by atoms with Crippen molar-refractivity contribution in [2.45, 2.75) is 37.1 Å². The Kier molecular flexibility index (Phi) is 3.89. The van der Waals surface area contributed by atoms with Gasteiger partial charge in [-0.15, -0.1) is 0 Å². The van der Waals surface area contributed by atoms with Crippen LogP contribution in [-0.2, 0) is 16.6 Å². The molecular formula is C21H24N2O. The second-order valence-corrected chi connectivity index (χ2v) is 7.19. The van der Waals surface area contributed by atoms with Gasteiger partial charge in [0.1, 0.15) is 0 Å². The fourth-order valence-electron chi connectivity index (χ4n) is 4.33. The largest absolute Gasteiger partial charge is 0.354 e. The van der Waals surface area contributed by atoms with Gasteiger partial charge in [0.2, 0.25) is 5.91 Å². The van der Waals surface area contributed by atoms with Crippen LogP contribution in [0.25, 0.3) is 0 Å². The van der Waals surface area contributed by atoms with E-state index >= 15 is 0 Å². The second-order valence-electron chi connectivity index (χ2n) is 7.19. The van der Waals surface area contributed by atoms with Crippen molar-refractivity contribution in [3.8, 4) is 0 Å². The van der Waals surface area contributed by atoms with Crippen LogP contribution in [0, 0.1) is 5.92 Å². The topological polar surface area (TPSA) is 55.1 Å². The lowest BCUT2D eigenvalue weighted by molar-refractivity contribution is -0.122. The van der Waals surface area contributed by atoms with Crippen LogP contribution in [0.15, 0.2) is 54.6 Å². The Bertz CT molecular complexity index is 743. The first-order valence-electron chi connectivity index (χ1n) is 8.87. The number of hydrogen-bond donors (Lipinski definition) is 2. The average Bonchev–Trinajstić information content (AvgIpc) is 3.35. The number of benzene rings is 2. The summed E-state index contributed by atoms with van der Waals surface area (Å²) in [4.78, 5) is 12.7. The van der Waals surface area contributed by atoms with Gasteiger partial charge in [0.05, 0.1) is 0 Å². The summed E-state index contributed by atoms with van der Waals surface area (Å²) in [6.45, 7) is 0.497. The first-order valence-corrected chi connectivity index (χ1v) is 8.87. The first kappa shape index (κ1) is 15.4. The fraction of sp³-hybridized carbons (Fsp3) is 0.381. The van der Waals surface area contributed by atoms with E-state index in [2.05, 4.69) is 29.6 Å². The zero-order valence-electron chi connectivity index (χ0n) is 13.9. The molecule has 124 valence electrons. The number of amides is 1. The summed E-state index contributed by atoms with van der Waals surface area (Å²) in [6, 6.07) is 18.4. The zero-order valence-corrected chi connectivity index (χ0v) is 13.9. The van der Waals surface area contributed by atoms with Crippen molar-refractivity contribution < 1.29 is 4.79 Å². The molecule has 1 amide bonds. The van der Waals surface area contributed by atoms with Gasteiger partial charge in [-0.3, -0.25) is 4.79 Å². The summed E-state index contributed by atoms with van der Waals surface area (Å²) in [5.41, 5.74) is 10.2. The van der Waals surface area contributed by atoms with E-state index in [9.17, 15) is 4.79 Å². The summed E-state index contributed by atoms with van der Waals surface area (Å²) in [5.74, 6) is 0.278. The second kappa shape index (κ2) is 6.06. The smallest absolute Gasteiger partial charge is 0.224 e. The van der Waals surface area contributed by atoms with Gasteiger partial charge in [-0.05, 0) is 42.4 Å². The molecule has 3 N–H and O–H groups in total. The highest BCUT2D eigenvalue weighted by atomic mass is 16.2. The van der Waals surface area contributed by atoms with Gasteiger partial charge in [-0.1, -0.05) is 54.6 Å². The molecule has 2 aliphatic carbocycles. The Morgan fingerprint density at radius 3 is 2.75 bits per heavy atom. The van der Waals surface area contributed by atoms with Crippen molar-refractivity contribution in [3.63, 3.8) is 0 Å². The van der Waals surface area contributed by atoms with Crippen LogP contribution in [0.4, 0.5) is 0 Å². The summed E-state index contributed by atoms with van der Waals surface area (Å²) < 4.78 is 0. The van der Waals surface area contributed by atoms with Crippen molar-refractivity contribution in [1.82, 2.24) is 5.32 Å². The molecule has 3 nitrogen and oxygen atoms in total. The van der Waals surface area contributed by atoms with E-state index in [4.69, 9.17) is 5.73 Å². The van der Waals surface area contributed by atoms with Crippen molar-refractivity contribution in [2.24, 2.45) is 11.7 Å². The molecule has 1 saturated carbocycles. The molecule has 3 unspecified atom stereocenters. The van der Waals surface area contributed by atoms with E-state index in [0.29, 0.717) is 6.54 Å². The Balaban J connectivity index is 1.41. The van der Waals surface area contributed by atoms with Crippen LogP contribution in [0.2, 0.25) is 0 Å². The van der Waals surface area contributed by atoms with Gasteiger partial charge in [0, 0.05) is 23.9 Å². The predicted molar refractivity (Wildman–Crippen MR) is 95.5 cm³/mol. The van der Waals surface area contributed by atoms with E-state index in [1.165, 1.54) is 17.5 Å². The van der Waals surface area contributed by atoms with E-state index in [1.54, 1.807) is 0 Å². The Morgan fingerprint density at radius 2 is 1.92 bits per heavy atom. The van der Waals surface area contributed by atoms with Crippen LogP contribution >= 0.6 is 0 Å². The molecule has 1 spiro atoms. The SMILES string of the molecule is NC(CNC(=O)C1CC12CCCc1ccccc12)c1ccccc1. The Hall–Kier alpha value is -2.13. The molecule has 3 heteroatoms. The van der Waals surface area contributed by atoms with Crippen molar-refractivity contribution in [1.29, 1.82) is 0 Å². The van der Waals surface area contributed by atoms with Gasteiger partial charge < -0.3 is 11.1 Å². The van der Waals surface area contributed by atoms with Crippen LogP contribution in [-0.4, -0.2) is 12.5 Å². The minimum Gasteiger partial charge on any atom is -0.354 e. The summed E-state index contributed by atoms with van der Waals surface area (Å²) >= 11 is 0. The Labute approximate surface area is 143 Å². The van der Waals surface area contributed by atoms with E-state index in [0.717, 1.165) is 24.8 Å². The fourth-order valence-corrected chi connectivity index (χ4v) is 4.33. The molecule has 2 aliphatic rings. The van der Waals surface area contributed by atoms with Gasteiger partial charge in [0.15, 0.2) is 0 Å². The maximum absolute atomic E-state index is 12.7. The van der Waals surface area contributed by atoms with Crippen molar-refractivity contribution in [3.05, 3.63) is 71.3 Å². The number of nitrogens with two attached hydrogens (primary N) is 1. The molecular weight excluding hydrogens is 296 g/mol. The average molecular weight is 320 g/mol. The van der Waals surface area contributed by atoms with E-state index in [1.807, 2.05) is 30.3 Å².